The second kappa shape index (κ2) is 11.4. The average molecular weight is 537 g/mol. The lowest BCUT2D eigenvalue weighted by molar-refractivity contribution is -0.134. The molecule has 1 unspecified atom stereocenters. The molecule has 2 heterocycles. The topological polar surface area (TPSA) is 127 Å². The molecule has 38 heavy (non-hydrogen) atoms. The molecule has 11 heteroatoms. The number of benzene rings is 2. The van der Waals surface area contributed by atoms with Gasteiger partial charge in [-0.3, -0.25) is 9.59 Å². The third-order valence-electron chi connectivity index (χ3n) is 6.03. The van der Waals surface area contributed by atoms with Crippen LogP contribution in [0.5, 0.6) is 5.75 Å². The first-order chi connectivity index (χ1) is 18.2. The number of methoxy groups -OCH3 is 1. The number of anilines is 1. The Morgan fingerprint density at radius 1 is 1.05 bits per heavy atom. The SMILES string of the molecule is COC(=O)c1csc(NC(=O)C([C@@H](C)c2ccccc2)N2C(=O)N[C@H](c3ccc(OC(C)C)cc3)C2=O)n1. The number of nitrogens with one attached hydrogen (secondary N) is 2. The zero-order chi connectivity index (χ0) is 27.4. The molecule has 1 aliphatic rings. The summed E-state index contributed by atoms with van der Waals surface area (Å²) in [4.78, 5) is 57.2. The molecule has 10 nitrogen and oxygen atoms in total. The van der Waals surface area contributed by atoms with Gasteiger partial charge in [0.1, 0.15) is 17.8 Å². The highest BCUT2D eigenvalue weighted by Gasteiger charge is 2.47. The lowest BCUT2D eigenvalue weighted by atomic mass is 9.91. The number of ether oxygens (including phenoxy) is 2. The van der Waals surface area contributed by atoms with Gasteiger partial charge in [0.25, 0.3) is 5.91 Å². The number of carbonyl (C=O) groups is 4. The summed E-state index contributed by atoms with van der Waals surface area (Å²) >= 11 is 1.03. The lowest BCUT2D eigenvalue weighted by Crippen LogP contribution is -2.50. The predicted molar refractivity (Wildman–Crippen MR) is 141 cm³/mol. The first-order valence-corrected chi connectivity index (χ1v) is 12.9. The van der Waals surface area contributed by atoms with Crippen LogP contribution in [0.4, 0.5) is 9.93 Å². The monoisotopic (exact) mass is 536 g/mol. The van der Waals surface area contributed by atoms with Crippen LogP contribution in [0.2, 0.25) is 0 Å². The van der Waals surface area contributed by atoms with E-state index in [0.717, 1.165) is 21.8 Å². The number of hydrogen-bond acceptors (Lipinski definition) is 8. The molecule has 3 aromatic rings. The lowest BCUT2D eigenvalue weighted by Gasteiger charge is -2.29. The molecule has 3 atom stereocenters. The van der Waals surface area contributed by atoms with Crippen molar-refractivity contribution in [2.24, 2.45) is 0 Å². The summed E-state index contributed by atoms with van der Waals surface area (Å²) in [5, 5.41) is 6.96. The highest BCUT2D eigenvalue weighted by atomic mass is 32.1. The molecule has 1 aliphatic heterocycles. The molecule has 0 aliphatic carbocycles. The van der Waals surface area contributed by atoms with Crippen molar-refractivity contribution in [3.05, 3.63) is 76.8 Å². The fourth-order valence-electron chi connectivity index (χ4n) is 4.21. The van der Waals surface area contributed by atoms with Crippen molar-refractivity contribution < 1.29 is 28.7 Å². The Morgan fingerprint density at radius 3 is 2.37 bits per heavy atom. The maximum absolute atomic E-state index is 13.6. The summed E-state index contributed by atoms with van der Waals surface area (Å²) in [7, 11) is 1.23. The van der Waals surface area contributed by atoms with Crippen molar-refractivity contribution in [1.82, 2.24) is 15.2 Å². The molecule has 0 spiro atoms. The van der Waals surface area contributed by atoms with Gasteiger partial charge in [-0.1, -0.05) is 49.4 Å². The van der Waals surface area contributed by atoms with Gasteiger partial charge in [-0.2, -0.15) is 0 Å². The summed E-state index contributed by atoms with van der Waals surface area (Å²) in [6, 6.07) is 13.2. The number of rotatable bonds is 9. The largest absolute Gasteiger partial charge is 0.491 e. The standard InChI is InChI=1S/C27H28N4O6S/c1-15(2)37-19-12-10-18(11-13-19)21-24(33)31(27(35)29-21)22(16(3)17-8-6-5-7-9-17)23(32)30-26-28-20(14-38-26)25(34)36-4/h5-16,21-22H,1-4H3,(H,29,35)(H,28,30,32)/t16-,21+,22?/m0/s1. The number of amides is 4. The normalized spacial score (nSPS) is 16.7. The molecule has 4 amide bonds. The van der Waals surface area contributed by atoms with E-state index >= 15 is 0 Å². The average Bonchev–Trinajstić information content (AvgIpc) is 3.49. The van der Waals surface area contributed by atoms with Crippen LogP contribution in [0.25, 0.3) is 0 Å². The maximum Gasteiger partial charge on any atom is 0.357 e. The Labute approximate surface area is 224 Å². The second-order valence-corrected chi connectivity index (χ2v) is 9.85. The van der Waals surface area contributed by atoms with Gasteiger partial charge in [0, 0.05) is 11.3 Å². The van der Waals surface area contributed by atoms with E-state index in [0.29, 0.717) is 11.3 Å². The summed E-state index contributed by atoms with van der Waals surface area (Å²) in [5.41, 5.74) is 1.37. The van der Waals surface area contributed by atoms with Gasteiger partial charge in [-0.15, -0.1) is 11.3 Å². The van der Waals surface area contributed by atoms with Crippen LogP contribution in [0.3, 0.4) is 0 Å². The van der Waals surface area contributed by atoms with E-state index in [-0.39, 0.29) is 16.9 Å². The van der Waals surface area contributed by atoms with Gasteiger partial charge < -0.3 is 20.1 Å². The minimum absolute atomic E-state index is 0.00978. The third kappa shape index (κ3) is 5.67. The molecule has 2 N–H and O–H groups in total. The van der Waals surface area contributed by atoms with Gasteiger partial charge in [-0.05, 0) is 37.1 Å². The fraction of sp³-hybridized carbons (Fsp3) is 0.296. The smallest absolute Gasteiger partial charge is 0.357 e. The van der Waals surface area contributed by atoms with Crippen molar-refractivity contribution in [2.45, 2.75) is 44.9 Å². The van der Waals surface area contributed by atoms with Crippen LogP contribution in [-0.4, -0.2) is 53.0 Å². The predicted octanol–water partition coefficient (Wildman–Crippen LogP) is 4.12. The number of hydrogen-bond donors (Lipinski definition) is 2. The number of nitrogens with zero attached hydrogens (tertiary/aromatic N) is 2. The highest BCUT2D eigenvalue weighted by molar-refractivity contribution is 7.14. The Balaban J connectivity index is 1.63. The number of urea groups is 1. The van der Waals surface area contributed by atoms with Crippen molar-refractivity contribution in [2.75, 3.05) is 12.4 Å². The van der Waals surface area contributed by atoms with Crippen molar-refractivity contribution in [3.8, 4) is 5.75 Å². The van der Waals surface area contributed by atoms with Crippen LogP contribution < -0.4 is 15.4 Å². The molecule has 2 aromatic carbocycles. The fourth-order valence-corrected chi connectivity index (χ4v) is 4.89. The highest BCUT2D eigenvalue weighted by Crippen LogP contribution is 2.32. The van der Waals surface area contributed by atoms with Gasteiger partial charge in [0.05, 0.1) is 13.2 Å². The Bertz CT molecular complexity index is 1320. The van der Waals surface area contributed by atoms with Crippen molar-refractivity contribution in [1.29, 1.82) is 0 Å². The molecular weight excluding hydrogens is 508 g/mol. The molecule has 198 valence electrons. The maximum atomic E-state index is 13.6. The Morgan fingerprint density at radius 2 is 1.74 bits per heavy atom. The van der Waals surface area contributed by atoms with E-state index in [1.54, 1.807) is 31.2 Å². The van der Waals surface area contributed by atoms with E-state index in [1.807, 2.05) is 44.2 Å². The Kier molecular flexibility index (Phi) is 8.06. The van der Waals surface area contributed by atoms with Crippen molar-refractivity contribution in [3.63, 3.8) is 0 Å². The van der Waals surface area contributed by atoms with Crippen LogP contribution in [0.15, 0.2) is 60.0 Å². The number of thiazole rings is 1. The summed E-state index contributed by atoms with van der Waals surface area (Å²) in [6.07, 6.45) is -0.00978. The first kappa shape index (κ1) is 26.8. The molecule has 1 fully saturated rings. The number of carbonyl (C=O) groups excluding carboxylic acids is 4. The number of imide groups is 1. The molecule has 1 aromatic heterocycles. The van der Waals surface area contributed by atoms with E-state index in [4.69, 9.17) is 4.74 Å². The second-order valence-electron chi connectivity index (χ2n) is 8.99. The van der Waals surface area contributed by atoms with E-state index < -0.39 is 41.8 Å². The molecule has 0 radical (unpaired) electrons. The summed E-state index contributed by atoms with van der Waals surface area (Å²) < 4.78 is 10.3. The quantitative estimate of drug-likeness (QED) is 0.311. The molecule has 0 saturated carbocycles. The molecule has 4 rings (SSSR count). The summed E-state index contributed by atoms with van der Waals surface area (Å²) in [5.74, 6) is -1.71. The Hall–Kier alpha value is -4.25. The van der Waals surface area contributed by atoms with Gasteiger partial charge >= 0.3 is 12.0 Å². The number of aromatic nitrogens is 1. The minimum Gasteiger partial charge on any atom is -0.491 e. The van der Waals surface area contributed by atoms with Crippen LogP contribution >= 0.6 is 11.3 Å². The van der Waals surface area contributed by atoms with Crippen LogP contribution in [-0.2, 0) is 14.3 Å². The number of esters is 1. The van der Waals surface area contributed by atoms with Crippen LogP contribution in [0, 0.1) is 0 Å². The third-order valence-corrected chi connectivity index (χ3v) is 6.79. The zero-order valence-electron chi connectivity index (χ0n) is 21.3. The van der Waals surface area contributed by atoms with Gasteiger partial charge in [-0.25, -0.2) is 19.5 Å². The van der Waals surface area contributed by atoms with E-state index in [1.165, 1.54) is 12.5 Å². The first-order valence-electron chi connectivity index (χ1n) is 12.0. The van der Waals surface area contributed by atoms with Crippen LogP contribution in [0.1, 0.15) is 54.3 Å². The van der Waals surface area contributed by atoms with Gasteiger partial charge in [0.2, 0.25) is 5.91 Å². The zero-order valence-corrected chi connectivity index (χ0v) is 22.2. The van der Waals surface area contributed by atoms with Gasteiger partial charge in [0.15, 0.2) is 10.8 Å². The van der Waals surface area contributed by atoms with Crippen molar-refractivity contribution >= 4 is 40.3 Å². The summed E-state index contributed by atoms with van der Waals surface area (Å²) in [6.45, 7) is 5.59. The molecule has 1 saturated heterocycles. The molecular formula is C27H28N4O6S. The van der Waals surface area contributed by atoms with E-state index in [2.05, 4.69) is 20.4 Å². The minimum atomic E-state index is -1.19. The van der Waals surface area contributed by atoms with E-state index in [9.17, 15) is 19.2 Å². The molecule has 0 bridgehead atoms.